The molecule has 120 valence electrons. The van der Waals surface area contributed by atoms with Gasteiger partial charge in [-0.05, 0) is 42.6 Å². The third-order valence-electron chi connectivity index (χ3n) is 3.95. The second-order valence-corrected chi connectivity index (χ2v) is 9.89. The Morgan fingerprint density at radius 3 is 2.71 bits per heavy atom. The van der Waals surface area contributed by atoms with Crippen LogP contribution >= 0.6 is 27.7 Å². The van der Waals surface area contributed by atoms with E-state index in [2.05, 4.69) is 60.4 Å². The van der Waals surface area contributed by atoms with Crippen molar-refractivity contribution in [1.82, 2.24) is 10.2 Å². The van der Waals surface area contributed by atoms with Crippen molar-refractivity contribution in [3.8, 4) is 0 Å². The average Bonchev–Trinajstić information content (AvgIpc) is 2.55. The number of alkyl halides is 1. The highest BCUT2D eigenvalue weighted by Gasteiger charge is 2.64. The first-order chi connectivity index (χ1) is 9.55. The Morgan fingerprint density at radius 1 is 1.57 bits per heavy atom. The Hall–Kier alpha value is -0.0400. The number of hydrogen-bond donors (Lipinski definition) is 1. The Bertz CT molecular complexity index is 457. The molecular weight excluding hydrogens is 352 g/mol. The molecule has 0 radical (unpaired) electrons. The lowest BCUT2D eigenvalue weighted by Crippen LogP contribution is -2.72. The number of nitrogens with zero attached hydrogens (tertiary/aromatic N) is 1. The van der Waals surface area contributed by atoms with E-state index in [0.29, 0.717) is 0 Å². The van der Waals surface area contributed by atoms with E-state index in [1.165, 1.54) is 0 Å². The van der Waals surface area contributed by atoms with Crippen molar-refractivity contribution in [3.05, 3.63) is 12.7 Å². The number of ether oxygens (including phenoxy) is 1. The summed E-state index contributed by atoms with van der Waals surface area (Å²) in [5, 5.41) is 3.63. The normalized spacial score (nSPS) is 39.2. The largest absolute Gasteiger partial charge is 0.443 e. The summed E-state index contributed by atoms with van der Waals surface area (Å²) in [6.45, 7) is 14.2. The quantitative estimate of drug-likeness (QED) is 0.353. The van der Waals surface area contributed by atoms with E-state index in [-0.39, 0.29) is 23.5 Å². The minimum atomic E-state index is -0.599. The molecule has 3 atom stereocenters. The summed E-state index contributed by atoms with van der Waals surface area (Å²) in [4.78, 5) is 14.6. The van der Waals surface area contributed by atoms with Crippen LogP contribution in [-0.4, -0.2) is 37.8 Å². The van der Waals surface area contributed by atoms with Crippen LogP contribution < -0.4 is 5.32 Å². The lowest BCUT2D eigenvalue weighted by molar-refractivity contribution is -0.162. The van der Waals surface area contributed by atoms with Gasteiger partial charge in [-0.1, -0.05) is 19.9 Å². The summed E-state index contributed by atoms with van der Waals surface area (Å²) in [5.41, 5.74) is -0.743. The summed E-state index contributed by atoms with van der Waals surface area (Å²) >= 11 is 5.53. The fraction of sp³-hybridized carbons (Fsp3) is 0.800. The summed E-state index contributed by atoms with van der Waals surface area (Å²) < 4.78 is 5.27. The molecule has 2 rings (SSSR count). The minimum Gasteiger partial charge on any atom is -0.443 e. The summed E-state index contributed by atoms with van der Waals surface area (Å²) in [6.07, 6.45) is 2.62. The Balaban J connectivity index is 2.46. The Morgan fingerprint density at radius 2 is 2.19 bits per heavy atom. The number of halogens is 1. The van der Waals surface area contributed by atoms with Crippen LogP contribution in [-0.2, 0) is 9.53 Å². The Labute approximate surface area is 140 Å². The van der Waals surface area contributed by atoms with Crippen molar-refractivity contribution >= 4 is 33.7 Å². The molecule has 2 aliphatic rings. The van der Waals surface area contributed by atoms with Crippen molar-refractivity contribution in [2.75, 3.05) is 5.75 Å². The van der Waals surface area contributed by atoms with Gasteiger partial charge in [-0.15, -0.1) is 18.3 Å². The third kappa shape index (κ3) is 3.05. The number of nitrogens with one attached hydrogen (secondary N) is 1. The van der Waals surface area contributed by atoms with Crippen LogP contribution in [0.4, 0.5) is 0 Å². The van der Waals surface area contributed by atoms with E-state index < -0.39 is 9.63 Å². The first-order valence-electron chi connectivity index (χ1n) is 7.30. The molecule has 21 heavy (non-hydrogen) atoms. The van der Waals surface area contributed by atoms with Gasteiger partial charge in [0.15, 0.2) is 9.63 Å². The molecule has 2 heterocycles. The van der Waals surface area contributed by atoms with E-state index in [1.807, 2.05) is 13.0 Å². The zero-order valence-corrected chi connectivity index (χ0v) is 15.8. The van der Waals surface area contributed by atoms with E-state index in [0.717, 1.165) is 12.2 Å². The van der Waals surface area contributed by atoms with Crippen LogP contribution in [0.15, 0.2) is 12.7 Å². The van der Waals surface area contributed by atoms with Gasteiger partial charge in [-0.2, -0.15) is 0 Å². The zero-order chi connectivity index (χ0) is 16.1. The second kappa shape index (κ2) is 5.55. The molecule has 0 aromatic carbocycles. The molecule has 4 nitrogen and oxygen atoms in total. The molecule has 2 saturated heterocycles. The van der Waals surface area contributed by atoms with E-state index >= 15 is 0 Å². The van der Waals surface area contributed by atoms with Crippen molar-refractivity contribution in [2.24, 2.45) is 5.92 Å². The van der Waals surface area contributed by atoms with Gasteiger partial charge in [0.05, 0.1) is 0 Å². The number of rotatable bonds is 4. The molecule has 0 aliphatic carbocycles. The molecule has 2 aliphatic heterocycles. The molecular formula is C15H25BrN2O2S. The van der Waals surface area contributed by atoms with Gasteiger partial charge in [0.2, 0.25) is 0 Å². The summed E-state index contributed by atoms with van der Waals surface area (Å²) in [6, 6.07) is -0.254. The minimum absolute atomic E-state index is 0.130. The number of esters is 1. The smallest absolute Gasteiger partial charge is 0.325 e. The van der Waals surface area contributed by atoms with E-state index in [9.17, 15) is 4.79 Å². The average molecular weight is 377 g/mol. The van der Waals surface area contributed by atoms with Crippen molar-refractivity contribution < 1.29 is 9.53 Å². The topological polar surface area (TPSA) is 41.6 Å². The maximum Gasteiger partial charge on any atom is 0.325 e. The van der Waals surface area contributed by atoms with Gasteiger partial charge < -0.3 is 4.74 Å². The maximum atomic E-state index is 12.4. The SMILES string of the molecule is C=CCSC1(Br)NC(C)(C)CC2(C)OC(=O)C(C(C)C)N21. The van der Waals surface area contributed by atoms with Gasteiger partial charge in [0.1, 0.15) is 6.04 Å². The summed E-state index contributed by atoms with van der Waals surface area (Å²) in [7, 11) is 0. The number of carbonyl (C=O) groups excluding carboxylic acids is 1. The number of carbonyl (C=O) groups is 1. The summed E-state index contributed by atoms with van der Waals surface area (Å²) in [5.74, 6) is 0.832. The molecule has 3 unspecified atom stereocenters. The monoisotopic (exact) mass is 376 g/mol. The predicted octanol–water partition coefficient (Wildman–Crippen LogP) is 3.28. The van der Waals surface area contributed by atoms with Crippen LogP contribution in [0.3, 0.4) is 0 Å². The predicted molar refractivity (Wildman–Crippen MR) is 91.1 cm³/mol. The standard InChI is InChI=1S/C15H25BrN2O2S/c1-7-8-21-15(16)17-13(4,5)9-14(6)18(15)11(10(2)3)12(19)20-14/h7,10-11,17H,1,8-9H2,2-6H3. The van der Waals surface area contributed by atoms with Crippen LogP contribution in [0, 0.1) is 5.92 Å². The third-order valence-corrected chi connectivity index (χ3v) is 6.30. The van der Waals surface area contributed by atoms with Gasteiger partial charge in [-0.25, -0.2) is 4.90 Å². The highest BCUT2D eigenvalue weighted by molar-refractivity contribution is 9.11. The van der Waals surface area contributed by atoms with Gasteiger partial charge in [-0.3, -0.25) is 10.1 Å². The van der Waals surface area contributed by atoms with E-state index in [1.54, 1.807) is 11.8 Å². The molecule has 2 fully saturated rings. The first kappa shape index (κ1) is 17.3. The van der Waals surface area contributed by atoms with Crippen LogP contribution in [0.2, 0.25) is 0 Å². The molecule has 0 spiro atoms. The van der Waals surface area contributed by atoms with Gasteiger partial charge in [0, 0.05) is 17.7 Å². The lowest BCUT2D eigenvalue weighted by Gasteiger charge is -2.55. The highest BCUT2D eigenvalue weighted by Crippen LogP contribution is 2.52. The van der Waals surface area contributed by atoms with Gasteiger partial charge in [0.25, 0.3) is 0 Å². The molecule has 0 aromatic rings. The second-order valence-electron chi connectivity index (χ2n) is 7.00. The number of hydrogen-bond acceptors (Lipinski definition) is 5. The molecule has 1 N–H and O–H groups in total. The molecule has 0 saturated carbocycles. The van der Waals surface area contributed by atoms with Crippen molar-refractivity contribution in [2.45, 2.75) is 62.2 Å². The van der Waals surface area contributed by atoms with Gasteiger partial charge >= 0.3 is 5.97 Å². The highest BCUT2D eigenvalue weighted by atomic mass is 79.9. The molecule has 0 aromatic heterocycles. The van der Waals surface area contributed by atoms with Crippen molar-refractivity contribution in [1.29, 1.82) is 0 Å². The van der Waals surface area contributed by atoms with Crippen LogP contribution in [0.25, 0.3) is 0 Å². The maximum absolute atomic E-state index is 12.4. The number of thioether (sulfide) groups is 1. The number of fused-ring (bicyclic) bond motifs is 1. The molecule has 0 amide bonds. The lowest BCUT2D eigenvalue weighted by atomic mass is 9.89. The van der Waals surface area contributed by atoms with Crippen LogP contribution in [0.1, 0.15) is 41.0 Å². The van der Waals surface area contributed by atoms with Crippen LogP contribution in [0.5, 0.6) is 0 Å². The van der Waals surface area contributed by atoms with E-state index in [4.69, 9.17) is 4.74 Å². The fourth-order valence-electron chi connectivity index (χ4n) is 3.52. The molecule has 6 heteroatoms. The molecule has 0 bridgehead atoms. The zero-order valence-electron chi connectivity index (χ0n) is 13.4. The Kier molecular flexibility index (Phi) is 4.58. The fourth-order valence-corrected chi connectivity index (χ4v) is 6.18. The van der Waals surface area contributed by atoms with Crippen molar-refractivity contribution in [3.63, 3.8) is 0 Å². The first-order valence-corrected chi connectivity index (χ1v) is 9.08.